The molecule has 1 amide bonds. The number of rotatable bonds is 16. The first-order chi connectivity index (χ1) is 31.2. The van der Waals surface area contributed by atoms with Gasteiger partial charge in [0, 0.05) is 92.9 Å². The number of nitro benzene ring substituents is 1. The van der Waals surface area contributed by atoms with Gasteiger partial charge in [0.25, 0.3) is 5.69 Å². The molecule has 2 atom stereocenters. The van der Waals surface area contributed by atoms with E-state index in [1.54, 1.807) is 24.1 Å². The number of carbonyl (C=O) groups excluding carboxylic acids is 2. The third-order valence-electron chi connectivity index (χ3n) is 11.5. The van der Waals surface area contributed by atoms with Crippen molar-refractivity contribution in [2.45, 2.75) is 44.3 Å². The average molecular weight is 899 g/mol. The number of hydrogen-bond acceptors (Lipinski definition) is 7. The van der Waals surface area contributed by atoms with Gasteiger partial charge in [0.1, 0.15) is 31.0 Å². The van der Waals surface area contributed by atoms with E-state index in [9.17, 15) is 19.7 Å². The van der Waals surface area contributed by atoms with Crippen LogP contribution in [0.4, 0.5) is 11.4 Å². The van der Waals surface area contributed by atoms with Crippen LogP contribution in [-0.2, 0) is 29.2 Å². The van der Waals surface area contributed by atoms with Crippen LogP contribution in [0.1, 0.15) is 52.5 Å². The van der Waals surface area contributed by atoms with Crippen LogP contribution in [0.15, 0.2) is 152 Å². The van der Waals surface area contributed by atoms with E-state index in [2.05, 4.69) is 66.0 Å². The fraction of sp³-hybridized carbons (Fsp3) is 0.245. The van der Waals surface area contributed by atoms with Crippen LogP contribution >= 0.6 is 23.2 Å². The van der Waals surface area contributed by atoms with Crippen molar-refractivity contribution >= 4 is 68.3 Å². The van der Waals surface area contributed by atoms with E-state index >= 15 is 0 Å². The monoisotopic (exact) mass is 897 g/mol. The van der Waals surface area contributed by atoms with Crippen LogP contribution in [0.25, 0.3) is 21.5 Å². The highest BCUT2D eigenvalue weighted by Crippen LogP contribution is 2.40. The van der Waals surface area contributed by atoms with Crippen molar-refractivity contribution in [1.82, 2.24) is 4.90 Å². The Kier molecular flexibility index (Phi) is 17.1. The summed E-state index contributed by atoms with van der Waals surface area (Å²) in [6.45, 7) is 2.54. The number of amides is 1. The molecule has 0 N–H and O–H groups in total. The summed E-state index contributed by atoms with van der Waals surface area (Å²) < 4.78 is 12.3. The molecule has 0 fully saturated rings. The van der Waals surface area contributed by atoms with Crippen molar-refractivity contribution < 1.29 is 24.0 Å². The molecule has 0 bridgehead atoms. The van der Waals surface area contributed by atoms with E-state index in [4.69, 9.17) is 21.1 Å². The lowest BCUT2D eigenvalue weighted by Gasteiger charge is -2.26. The van der Waals surface area contributed by atoms with E-state index in [1.165, 1.54) is 46.1 Å². The lowest BCUT2D eigenvalue weighted by Crippen LogP contribution is -2.32. The standard InChI is InChI=1S/C32H31ClN2O5.C20H19NO.CH3Cl/c1-34(32(37)19-25(17-18-36)24-11-13-27(14-12-24)35(38)39)21-26(20-33)28-15-16-31(30-10-6-5-9-29(28)30)40-22-23-7-3-2-4-8-23;1-21-12-11-17-16-9-5-6-10-18(16)20(13-19(17)21)22-14-15-7-3-2-4-8-15;1-2/h2-16,18,25-26H,17,19-22H2,1H3;2-10,13H,11-12,14H2,1H3;1H3. The second-order valence-corrected chi connectivity index (χ2v) is 15.9. The maximum Gasteiger partial charge on any atom is 0.269 e. The molecule has 1 aliphatic heterocycles. The number of aldehydes is 1. The third-order valence-corrected chi connectivity index (χ3v) is 11.9. The van der Waals surface area contributed by atoms with E-state index < -0.39 is 4.92 Å². The van der Waals surface area contributed by atoms with Gasteiger partial charge in [-0.25, -0.2) is 0 Å². The molecule has 9 nitrogen and oxygen atoms in total. The van der Waals surface area contributed by atoms with Crippen LogP contribution in [0.3, 0.4) is 0 Å². The zero-order valence-corrected chi connectivity index (χ0v) is 37.9. The molecule has 7 aromatic rings. The van der Waals surface area contributed by atoms with Crippen molar-refractivity contribution in [3.63, 3.8) is 0 Å². The number of ether oxygens (including phenoxy) is 2. The number of halogens is 2. The van der Waals surface area contributed by atoms with E-state index in [0.29, 0.717) is 31.2 Å². The van der Waals surface area contributed by atoms with Gasteiger partial charge in [0.2, 0.25) is 5.91 Å². The molecule has 1 heterocycles. The minimum Gasteiger partial charge on any atom is -0.488 e. The number of benzene rings is 7. The van der Waals surface area contributed by atoms with Crippen molar-refractivity contribution in [1.29, 1.82) is 0 Å². The Hall–Kier alpha value is -6.42. The lowest BCUT2D eigenvalue weighted by molar-refractivity contribution is -0.384. The Morgan fingerprint density at radius 1 is 0.750 bits per heavy atom. The summed E-state index contributed by atoms with van der Waals surface area (Å²) in [5.41, 5.74) is 6.73. The van der Waals surface area contributed by atoms with Crippen LogP contribution in [0, 0.1) is 10.1 Å². The van der Waals surface area contributed by atoms with Gasteiger partial charge in [-0.15, -0.1) is 23.2 Å². The van der Waals surface area contributed by atoms with Crippen molar-refractivity contribution in [3.8, 4) is 11.5 Å². The minimum atomic E-state index is -0.477. The fourth-order valence-electron chi connectivity index (χ4n) is 8.11. The van der Waals surface area contributed by atoms with Gasteiger partial charge in [-0.05, 0) is 57.0 Å². The number of anilines is 1. The van der Waals surface area contributed by atoms with E-state index in [0.717, 1.165) is 52.7 Å². The Morgan fingerprint density at radius 3 is 1.88 bits per heavy atom. The number of non-ortho nitro benzene ring substituents is 1. The Bertz CT molecular complexity index is 2630. The smallest absolute Gasteiger partial charge is 0.269 e. The molecule has 0 saturated heterocycles. The van der Waals surface area contributed by atoms with Crippen molar-refractivity contribution in [3.05, 3.63) is 190 Å². The molecule has 0 aromatic heterocycles. The molecule has 7 aromatic carbocycles. The zero-order chi connectivity index (χ0) is 45.4. The second kappa shape index (κ2) is 23.3. The Labute approximate surface area is 385 Å². The fourth-order valence-corrected chi connectivity index (χ4v) is 8.37. The number of carbonyl (C=O) groups is 2. The summed E-state index contributed by atoms with van der Waals surface area (Å²) in [5, 5.41) is 15.5. The highest BCUT2D eigenvalue weighted by molar-refractivity contribution is 6.18. The van der Waals surface area contributed by atoms with Gasteiger partial charge in [0.05, 0.1) is 4.92 Å². The normalized spacial score (nSPS) is 12.5. The molecule has 64 heavy (non-hydrogen) atoms. The van der Waals surface area contributed by atoms with Gasteiger partial charge >= 0.3 is 0 Å². The first-order valence-corrected chi connectivity index (χ1v) is 22.5. The highest BCUT2D eigenvalue weighted by atomic mass is 35.5. The largest absolute Gasteiger partial charge is 0.488 e. The molecule has 8 rings (SSSR count). The maximum absolute atomic E-state index is 13.2. The van der Waals surface area contributed by atoms with E-state index in [-0.39, 0.29) is 36.3 Å². The van der Waals surface area contributed by atoms with Crippen LogP contribution < -0.4 is 14.4 Å². The molecule has 0 radical (unpaired) electrons. The summed E-state index contributed by atoms with van der Waals surface area (Å²) in [6.07, 6.45) is 3.61. The molecule has 330 valence electrons. The number of fused-ring (bicyclic) bond motifs is 4. The van der Waals surface area contributed by atoms with Gasteiger partial charge in [-0.2, -0.15) is 0 Å². The summed E-state index contributed by atoms with van der Waals surface area (Å²) in [7, 11) is 3.89. The molecular formula is C53H53Cl2N3O6. The molecule has 11 heteroatoms. The average Bonchev–Trinajstić information content (AvgIpc) is 3.72. The zero-order valence-electron chi connectivity index (χ0n) is 36.4. The maximum atomic E-state index is 13.2. The molecule has 0 aliphatic carbocycles. The molecule has 2 unspecified atom stereocenters. The van der Waals surface area contributed by atoms with Crippen LogP contribution in [0.5, 0.6) is 11.5 Å². The first-order valence-electron chi connectivity index (χ1n) is 21.2. The highest BCUT2D eigenvalue weighted by Gasteiger charge is 2.24. The summed E-state index contributed by atoms with van der Waals surface area (Å²) >= 11 is 11.1. The van der Waals surface area contributed by atoms with Gasteiger partial charge in [0.15, 0.2) is 0 Å². The van der Waals surface area contributed by atoms with Crippen LogP contribution in [-0.4, -0.2) is 61.5 Å². The molecule has 1 aliphatic rings. The number of nitro groups is 1. The second-order valence-electron chi connectivity index (χ2n) is 15.6. The number of likely N-dealkylation sites (N-methyl/N-ethyl adjacent to an activating group) is 2. The number of alkyl halides is 2. The quantitative estimate of drug-likeness (QED) is 0.0412. The predicted octanol–water partition coefficient (Wildman–Crippen LogP) is 12.1. The predicted molar refractivity (Wildman–Crippen MR) is 260 cm³/mol. The molecule has 0 spiro atoms. The molecule has 0 saturated carbocycles. The van der Waals surface area contributed by atoms with Crippen molar-refractivity contribution in [2.24, 2.45) is 0 Å². The third kappa shape index (κ3) is 11.8. The number of hydrogen-bond donors (Lipinski definition) is 0. The van der Waals surface area contributed by atoms with Gasteiger partial charge in [-0.3, -0.25) is 14.9 Å². The summed E-state index contributed by atoms with van der Waals surface area (Å²) in [4.78, 5) is 39.0. The summed E-state index contributed by atoms with van der Waals surface area (Å²) in [6, 6.07) is 49.0. The molecular weight excluding hydrogens is 846 g/mol. The van der Waals surface area contributed by atoms with E-state index in [1.807, 2.05) is 84.9 Å². The number of nitrogens with zero attached hydrogens (tertiary/aromatic N) is 3. The Morgan fingerprint density at radius 2 is 1.30 bits per heavy atom. The SMILES string of the molecule is CCl.CN(CC(CCl)c1ccc(OCc2ccccc2)c2ccccc12)C(=O)CC(CC=O)c1ccc([N+](=O)[O-])cc1.CN1CCc2c1cc(OCc1ccccc1)c1ccccc21. The first kappa shape index (κ1) is 47.1. The summed E-state index contributed by atoms with van der Waals surface area (Å²) in [5.74, 6) is 1.43. The van der Waals surface area contributed by atoms with Gasteiger partial charge < -0.3 is 24.1 Å². The van der Waals surface area contributed by atoms with Crippen LogP contribution in [0.2, 0.25) is 0 Å². The Balaban J connectivity index is 0.000000237. The lowest BCUT2D eigenvalue weighted by atomic mass is 9.91. The van der Waals surface area contributed by atoms with Crippen molar-refractivity contribution in [2.75, 3.05) is 44.3 Å². The van der Waals surface area contributed by atoms with Gasteiger partial charge in [-0.1, -0.05) is 127 Å². The minimum absolute atomic E-state index is 0.0364. The topological polar surface area (TPSA) is 102 Å².